The molecule has 0 fully saturated rings. The van der Waals surface area contributed by atoms with Crippen molar-refractivity contribution in [2.75, 3.05) is 5.32 Å². The molecule has 168 valence electrons. The van der Waals surface area contributed by atoms with E-state index in [4.69, 9.17) is 23.2 Å². The zero-order valence-corrected chi connectivity index (χ0v) is 19.3. The molecule has 0 atom stereocenters. The molecule has 0 spiro atoms. The summed E-state index contributed by atoms with van der Waals surface area (Å²) in [6.45, 7) is 0. The van der Waals surface area contributed by atoms with E-state index in [0.717, 1.165) is 17.0 Å². The first-order chi connectivity index (χ1) is 16.4. The number of hydrogen-bond donors (Lipinski definition) is 1. The first-order valence-electron chi connectivity index (χ1n) is 9.73. The normalized spacial score (nSPS) is 11.0. The Labute approximate surface area is 205 Å². The summed E-state index contributed by atoms with van der Waals surface area (Å²) in [7, 11) is 0. The molecule has 0 bridgehead atoms. The van der Waals surface area contributed by atoms with Gasteiger partial charge in [0, 0.05) is 16.7 Å². The van der Waals surface area contributed by atoms with Gasteiger partial charge in [0.05, 0.1) is 32.1 Å². The number of thiophene rings is 1. The van der Waals surface area contributed by atoms with Gasteiger partial charge in [-0.05, 0) is 36.4 Å². The van der Waals surface area contributed by atoms with Gasteiger partial charge in [-0.3, -0.25) is 14.9 Å². The van der Waals surface area contributed by atoms with Gasteiger partial charge in [-0.25, -0.2) is 14.6 Å². The lowest BCUT2D eigenvalue weighted by atomic mass is 10.2. The molecule has 1 amide bonds. The maximum atomic E-state index is 12.9. The molecular formula is C22H12Cl2N6O3S. The number of nitrogens with one attached hydrogen (secondary N) is 1. The van der Waals surface area contributed by atoms with Crippen molar-refractivity contribution in [2.24, 2.45) is 0 Å². The minimum absolute atomic E-state index is 0.136. The van der Waals surface area contributed by atoms with Crippen LogP contribution in [0.2, 0.25) is 10.0 Å². The standard InChI is InChI=1S/C22H12Cl2N6O3S/c23-12-6-7-14(16(24)10-12)19-26-20(28-22(31)17-8-9-18(34-17)30(32)33)15-11-25-29(21(15)27-19)13-4-2-1-3-5-13/h1-11H,(H,26,27,28,31). The zero-order valence-electron chi connectivity index (χ0n) is 17.0. The summed E-state index contributed by atoms with van der Waals surface area (Å²) in [5, 5.41) is 19.3. The van der Waals surface area contributed by atoms with Crippen LogP contribution in [-0.2, 0) is 0 Å². The molecule has 1 N–H and O–H groups in total. The van der Waals surface area contributed by atoms with Crippen molar-refractivity contribution in [3.05, 3.63) is 91.9 Å². The fraction of sp³-hybridized carbons (Fsp3) is 0. The van der Waals surface area contributed by atoms with E-state index in [2.05, 4.69) is 20.4 Å². The molecule has 3 heterocycles. The Kier molecular flexibility index (Phi) is 5.70. The second kappa shape index (κ2) is 8.82. The van der Waals surface area contributed by atoms with Crippen molar-refractivity contribution >= 4 is 62.3 Å². The Bertz CT molecular complexity index is 1570. The second-order valence-electron chi connectivity index (χ2n) is 7.00. The summed E-state index contributed by atoms with van der Waals surface area (Å²) in [6, 6.07) is 16.9. The average Bonchev–Trinajstić information content (AvgIpc) is 3.48. The van der Waals surface area contributed by atoms with Gasteiger partial charge in [-0.15, -0.1) is 0 Å². The van der Waals surface area contributed by atoms with E-state index in [1.807, 2.05) is 30.3 Å². The molecular weight excluding hydrogens is 499 g/mol. The molecule has 0 aliphatic carbocycles. The molecule has 0 aliphatic heterocycles. The van der Waals surface area contributed by atoms with Crippen molar-refractivity contribution in [3.63, 3.8) is 0 Å². The average molecular weight is 511 g/mol. The monoisotopic (exact) mass is 510 g/mol. The number of aromatic nitrogens is 4. The third kappa shape index (κ3) is 4.10. The Balaban J connectivity index is 1.65. The van der Waals surface area contributed by atoms with Crippen LogP contribution in [0.25, 0.3) is 28.1 Å². The number of hydrogen-bond acceptors (Lipinski definition) is 7. The van der Waals surface area contributed by atoms with Gasteiger partial charge in [0.25, 0.3) is 5.91 Å². The third-order valence-electron chi connectivity index (χ3n) is 4.83. The molecule has 34 heavy (non-hydrogen) atoms. The summed E-state index contributed by atoms with van der Waals surface area (Å²) in [4.78, 5) is 32.7. The quantitative estimate of drug-likeness (QED) is 0.228. The molecule has 5 aromatic rings. The van der Waals surface area contributed by atoms with Gasteiger partial charge in [-0.1, -0.05) is 52.7 Å². The van der Waals surface area contributed by atoms with E-state index >= 15 is 0 Å². The number of para-hydroxylation sites is 1. The molecule has 2 aromatic carbocycles. The van der Waals surface area contributed by atoms with Gasteiger partial charge >= 0.3 is 5.00 Å². The highest BCUT2D eigenvalue weighted by Crippen LogP contribution is 2.32. The molecule has 5 rings (SSSR count). The van der Waals surface area contributed by atoms with Crippen LogP contribution >= 0.6 is 34.5 Å². The molecule has 0 unspecified atom stereocenters. The van der Waals surface area contributed by atoms with Crippen LogP contribution in [0.15, 0.2) is 66.9 Å². The van der Waals surface area contributed by atoms with Crippen molar-refractivity contribution in [1.82, 2.24) is 19.7 Å². The largest absolute Gasteiger partial charge is 0.324 e. The number of fused-ring (bicyclic) bond motifs is 1. The summed E-state index contributed by atoms with van der Waals surface area (Å²) in [5.74, 6) is -0.104. The number of halogens is 2. The number of rotatable bonds is 5. The summed E-state index contributed by atoms with van der Waals surface area (Å²) < 4.78 is 1.62. The van der Waals surface area contributed by atoms with E-state index in [1.165, 1.54) is 12.1 Å². The highest BCUT2D eigenvalue weighted by Gasteiger charge is 2.21. The molecule has 0 saturated carbocycles. The maximum absolute atomic E-state index is 12.9. The SMILES string of the molecule is O=C(Nc1nc(-c2ccc(Cl)cc2Cl)nc2c1cnn2-c1ccccc1)c1ccc([N+](=O)[O-])s1. The number of nitrogens with zero attached hydrogens (tertiary/aromatic N) is 5. The van der Waals surface area contributed by atoms with E-state index in [-0.39, 0.29) is 21.5 Å². The van der Waals surface area contributed by atoms with E-state index in [9.17, 15) is 14.9 Å². The van der Waals surface area contributed by atoms with Crippen LogP contribution in [0, 0.1) is 10.1 Å². The number of nitro groups is 1. The Morgan fingerprint density at radius 1 is 1.06 bits per heavy atom. The maximum Gasteiger partial charge on any atom is 0.324 e. The molecule has 0 saturated heterocycles. The Morgan fingerprint density at radius 2 is 1.85 bits per heavy atom. The minimum atomic E-state index is -0.547. The van der Waals surface area contributed by atoms with Crippen molar-refractivity contribution in [1.29, 1.82) is 0 Å². The Hall–Kier alpha value is -3.86. The van der Waals surface area contributed by atoms with Crippen LogP contribution in [-0.4, -0.2) is 30.6 Å². The van der Waals surface area contributed by atoms with Crippen LogP contribution in [0.1, 0.15) is 9.67 Å². The lowest BCUT2D eigenvalue weighted by Crippen LogP contribution is -2.12. The first-order valence-corrected chi connectivity index (χ1v) is 11.3. The lowest BCUT2D eigenvalue weighted by molar-refractivity contribution is -0.380. The number of carbonyl (C=O) groups is 1. The molecule has 0 aliphatic rings. The highest BCUT2D eigenvalue weighted by molar-refractivity contribution is 7.17. The van der Waals surface area contributed by atoms with E-state index < -0.39 is 10.8 Å². The number of benzene rings is 2. The first kappa shape index (κ1) is 22.0. The minimum Gasteiger partial charge on any atom is -0.305 e. The van der Waals surface area contributed by atoms with Gasteiger partial charge in [0.2, 0.25) is 0 Å². The van der Waals surface area contributed by atoms with Gasteiger partial charge in [-0.2, -0.15) is 5.10 Å². The van der Waals surface area contributed by atoms with Crippen molar-refractivity contribution in [3.8, 4) is 17.1 Å². The number of anilines is 1. The lowest BCUT2D eigenvalue weighted by Gasteiger charge is -2.10. The van der Waals surface area contributed by atoms with Crippen LogP contribution in [0.5, 0.6) is 0 Å². The molecule has 9 nitrogen and oxygen atoms in total. The van der Waals surface area contributed by atoms with Crippen LogP contribution < -0.4 is 5.32 Å². The predicted octanol–water partition coefficient (Wildman–Crippen LogP) is 6.01. The van der Waals surface area contributed by atoms with E-state index in [1.54, 1.807) is 29.1 Å². The Morgan fingerprint density at radius 3 is 2.56 bits per heavy atom. The molecule has 3 aromatic heterocycles. The van der Waals surface area contributed by atoms with Crippen LogP contribution in [0.3, 0.4) is 0 Å². The molecule has 12 heteroatoms. The smallest absolute Gasteiger partial charge is 0.305 e. The summed E-state index contributed by atoms with van der Waals surface area (Å²) >= 11 is 13.2. The fourth-order valence-corrected chi connectivity index (χ4v) is 4.48. The fourth-order valence-electron chi connectivity index (χ4n) is 3.27. The van der Waals surface area contributed by atoms with E-state index in [0.29, 0.717) is 26.6 Å². The van der Waals surface area contributed by atoms with Crippen molar-refractivity contribution in [2.45, 2.75) is 0 Å². The highest BCUT2D eigenvalue weighted by atomic mass is 35.5. The topological polar surface area (TPSA) is 116 Å². The van der Waals surface area contributed by atoms with Crippen LogP contribution in [0.4, 0.5) is 10.8 Å². The zero-order chi connectivity index (χ0) is 23.8. The molecule has 0 radical (unpaired) electrons. The predicted molar refractivity (Wildman–Crippen MR) is 131 cm³/mol. The number of amides is 1. The van der Waals surface area contributed by atoms with Gasteiger partial charge in [0.15, 0.2) is 11.5 Å². The second-order valence-corrected chi connectivity index (χ2v) is 8.90. The van der Waals surface area contributed by atoms with Gasteiger partial charge < -0.3 is 5.32 Å². The summed E-state index contributed by atoms with van der Waals surface area (Å²) in [6.07, 6.45) is 1.54. The summed E-state index contributed by atoms with van der Waals surface area (Å²) in [5.41, 5.74) is 1.71. The number of carbonyl (C=O) groups excluding carboxylic acids is 1. The third-order valence-corrected chi connectivity index (χ3v) is 6.41. The van der Waals surface area contributed by atoms with Crippen molar-refractivity contribution < 1.29 is 9.72 Å². The van der Waals surface area contributed by atoms with Gasteiger partial charge in [0.1, 0.15) is 5.82 Å².